The predicted molar refractivity (Wildman–Crippen MR) is 171 cm³/mol. The number of rotatable bonds is 6. The van der Waals surface area contributed by atoms with E-state index < -0.39 is 22.7 Å². The minimum atomic E-state index is -0.472. The Balaban J connectivity index is 1.22. The zero-order valence-electron chi connectivity index (χ0n) is 24.5. The second-order valence-electron chi connectivity index (χ2n) is 12.6. The summed E-state index contributed by atoms with van der Waals surface area (Å²) in [6, 6.07) is 20.1. The summed E-state index contributed by atoms with van der Waals surface area (Å²) in [6.07, 6.45) is 0.723. The number of nitrogens with zero attached hydrogens (tertiary/aromatic N) is 2. The predicted octanol–water partition coefficient (Wildman–Crippen LogP) is 6.22. The summed E-state index contributed by atoms with van der Waals surface area (Å²) in [4.78, 5) is 57.3. The molecule has 228 valence electrons. The number of amides is 2. The second-order valence-corrected chi connectivity index (χ2v) is 14.8. The van der Waals surface area contributed by atoms with Gasteiger partial charge in [-0.05, 0) is 61.8 Å². The van der Waals surface area contributed by atoms with Gasteiger partial charge in [-0.1, -0.05) is 58.9 Å². The van der Waals surface area contributed by atoms with Gasteiger partial charge in [-0.3, -0.25) is 29.4 Å². The van der Waals surface area contributed by atoms with Gasteiger partial charge < -0.3 is 9.72 Å². The van der Waals surface area contributed by atoms with Gasteiger partial charge in [0.2, 0.25) is 11.8 Å². The van der Waals surface area contributed by atoms with Crippen LogP contribution in [0, 0.1) is 53.6 Å². The summed E-state index contributed by atoms with van der Waals surface area (Å²) >= 11 is 2.70. The fourth-order valence-electron chi connectivity index (χ4n) is 8.30. The van der Waals surface area contributed by atoms with Crippen molar-refractivity contribution in [1.82, 2.24) is 4.98 Å². The van der Waals surface area contributed by atoms with Crippen LogP contribution in [0.15, 0.2) is 76.6 Å². The Bertz CT molecular complexity index is 1950. The van der Waals surface area contributed by atoms with Crippen LogP contribution in [0.25, 0.3) is 0 Å². The maximum atomic E-state index is 14.1. The zero-order chi connectivity index (χ0) is 31.1. The summed E-state index contributed by atoms with van der Waals surface area (Å²) in [5.74, 6) is -1.41. The molecular weight excluding hydrogens is 611 g/mol. The van der Waals surface area contributed by atoms with E-state index in [0.717, 1.165) is 44.4 Å². The van der Waals surface area contributed by atoms with E-state index in [1.54, 1.807) is 23.9 Å². The molecule has 1 N–H and O–H groups in total. The molecule has 11 heteroatoms. The molecule has 2 saturated carbocycles. The van der Waals surface area contributed by atoms with Gasteiger partial charge in [-0.15, -0.1) is 11.8 Å². The number of non-ortho nitro benzene ring substituents is 1. The topological polar surface area (TPSA) is 123 Å². The highest BCUT2D eigenvalue weighted by atomic mass is 32.2. The standard InChI is InChI=1S/C34H29N3O6S2/c1-16-6-8-19(9-7-16)36-32(38)27-22-14-23(28(27)33(36)39)29-26(22)25(30-31(44-29)35-34(40)45-30)21-13-20(37(41)42)10-11-24(21)43-15-18-5-3-4-17(2)12-18/h3-13,22-23,25-29H,14-15H2,1-2H3,(H,35,40)/t22-,23-,25+,26+,27+,28+,29-/m1/s1. The molecule has 3 aromatic carbocycles. The average molecular weight is 640 g/mol. The third-order valence-corrected chi connectivity index (χ3v) is 12.6. The summed E-state index contributed by atoms with van der Waals surface area (Å²) in [7, 11) is 0. The first kappa shape index (κ1) is 28.3. The molecule has 45 heavy (non-hydrogen) atoms. The van der Waals surface area contributed by atoms with Gasteiger partial charge >= 0.3 is 4.87 Å². The number of hydrogen-bond donors (Lipinski definition) is 1. The number of H-pyrrole nitrogens is 1. The van der Waals surface area contributed by atoms with Crippen LogP contribution in [0.2, 0.25) is 0 Å². The van der Waals surface area contributed by atoms with Crippen molar-refractivity contribution in [1.29, 1.82) is 0 Å². The van der Waals surface area contributed by atoms with Crippen LogP contribution < -0.4 is 14.5 Å². The van der Waals surface area contributed by atoms with E-state index in [-0.39, 0.29) is 52.0 Å². The normalized spacial score (nSPS) is 27.8. The fourth-order valence-corrected chi connectivity index (χ4v) is 11.2. The molecule has 8 rings (SSSR count). The Morgan fingerprint density at radius 3 is 2.44 bits per heavy atom. The molecule has 4 aromatic rings. The lowest BCUT2D eigenvalue weighted by Crippen LogP contribution is -2.42. The van der Waals surface area contributed by atoms with Crippen molar-refractivity contribution in [3.8, 4) is 5.75 Å². The molecule has 0 unspecified atom stereocenters. The Morgan fingerprint density at radius 1 is 0.956 bits per heavy atom. The summed E-state index contributed by atoms with van der Waals surface area (Å²) in [6.45, 7) is 4.24. The lowest BCUT2D eigenvalue weighted by molar-refractivity contribution is -0.385. The quantitative estimate of drug-likeness (QED) is 0.151. The maximum absolute atomic E-state index is 14.1. The highest BCUT2D eigenvalue weighted by Crippen LogP contribution is 2.69. The number of thiazole rings is 1. The highest BCUT2D eigenvalue weighted by molar-refractivity contribution is 8.00. The number of fused-ring (bicyclic) bond motifs is 9. The molecule has 2 bridgehead atoms. The van der Waals surface area contributed by atoms with Crippen molar-refractivity contribution < 1.29 is 19.2 Å². The van der Waals surface area contributed by atoms with Crippen molar-refractivity contribution in [3.05, 3.63) is 114 Å². The van der Waals surface area contributed by atoms with E-state index in [0.29, 0.717) is 17.0 Å². The first-order valence-electron chi connectivity index (χ1n) is 15.0. The van der Waals surface area contributed by atoms with Crippen LogP contribution in [0.1, 0.15) is 39.5 Å². The van der Waals surface area contributed by atoms with Crippen molar-refractivity contribution in [2.24, 2.45) is 29.6 Å². The average Bonchev–Trinajstić information content (AvgIpc) is 3.75. The monoisotopic (exact) mass is 639 g/mol. The van der Waals surface area contributed by atoms with E-state index in [1.807, 2.05) is 62.4 Å². The molecule has 3 heterocycles. The number of aromatic amines is 1. The molecular formula is C34H29N3O6S2. The molecule has 2 amide bonds. The van der Waals surface area contributed by atoms with E-state index >= 15 is 0 Å². The summed E-state index contributed by atoms with van der Waals surface area (Å²) in [5, 5.41) is 12.7. The number of imide groups is 1. The van der Waals surface area contributed by atoms with Crippen LogP contribution in [-0.2, 0) is 16.2 Å². The maximum Gasteiger partial charge on any atom is 0.305 e. The van der Waals surface area contributed by atoms with Gasteiger partial charge in [-0.2, -0.15) is 0 Å². The number of carbonyl (C=O) groups is 2. The number of nitro groups is 1. The van der Waals surface area contributed by atoms with Crippen molar-refractivity contribution in [3.63, 3.8) is 0 Å². The number of anilines is 1. The minimum absolute atomic E-state index is 0.0439. The van der Waals surface area contributed by atoms with E-state index in [1.165, 1.54) is 11.0 Å². The Labute approximate surface area is 266 Å². The molecule has 1 saturated heterocycles. The van der Waals surface area contributed by atoms with Crippen molar-refractivity contribution in [2.45, 2.75) is 43.1 Å². The molecule has 0 radical (unpaired) electrons. The zero-order valence-corrected chi connectivity index (χ0v) is 26.1. The second kappa shape index (κ2) is 10.4. The van der Waals surface area contributed by atoms with Crippen LogP contribution in [0.4, 0.5) is 11.4 Å². The number of hydrogen-bond acceptors (Lipinski definition) is 8. The van der Waals surface area contributed by atoms with Crippen LogP contribution in [0.3, 0.4) is 0 Å². The molecule has 2 aliphatic heterocycles. The van der Waals surface area contributed by atoms with Gasteiger partial charge in [0.1, 0.15) is 12.4 Å². The van der Waals surface area contributed by atoms with Gasteiger partial charge in [0, 0.05) is 33.7 Å². The summed E-state index contributed by atoms with van der Waals surface area (Å²) < 4.78 is 6.38. The van der Waals surface area contributed by atoms with Crippen molar-refractivity contribution >= 4 is 46.3 Å². The third kappa shape index (κ3) is 4.39. The number of aromatic nitrogens is 1. The Hall–Kier alpha value is -4.22. The van der Waals surface area contributed by atoms with E-state index in [4.69, 9.17) is 4.74 Å². The third-order valence-electron chi connectivity index (χ3n) is 10.0. The Kier molecular flexibility index (Phi) is 6.54. The number of benzene rings is 3. The molecule has 7 atom stereocenters. The molecule has 4 aliphatic rings. The summed E-state index contributed by atoms with van der Waals surface area (Å²) in [5.41, 5.74) is 4.27. The SMILES string of the molecule is Cc1ccc(N2C(=O)[C@H]3[C@H]4C[C@@H]([C@@H]3C2=O)[C@H]2[C@H](c3cc([N+](=O)[O-])ccc3OCc3cccc(C)c3)c3sc(=O)[nH]c3S[C@H]42)cc1. The Morgan fingerprint density at radius 2 is 1.71 bits per heavy atom. The number of nitro benzene ring substituents is 1. The van der Waals surface area contributed by atoms with Crippen LogP contribution in [-0.4, -0.2) is 27.0 Å². The largest absolute Gasteiger partial charge is 0.489 e. The van der Waals surface area contributed by atoms with Gasteiger partial charge in [-0.25, -0.2) is 0 Å². The number of ether oxygens (including phenoxy) is 1. The van der Waals surface area contributed by atoms with E-state index in [2.05, 4.69) is 4.98 Å². The number of aryl methyl sites for hydroxylation is 2. The fraction of sp³-hybridized carbons (Fsp3) is 0.324. The minimum Gasteiger partial charge on any atom is -0.489 e. The van der Waals surface area contributed by atoms with Gasteiger partial charge in [0.05, 0.1) is 27.5 Å². The number of carbonyl (C=O) groups excluding carboxylic acids is 2. The van der Waals surface area contributed by atoms with Crippen molar-refractivity contribution in [2.75, 3.05) is 4.90 Å². The van der Waals surface area contributed by atoms with E-state index in [9.17, 15) is 24.5 Å². The molecule has 0 spiro atoms. The number of thioether (sulfide) groups is 1. The van der Waals surface area contributed by atoms with Crippen LogP contribution >= 0.6 is 23.1 Å². The molecule has 1 aromatic heterocycles. The van der Waals surface area contributed by atoms with Crippen LogP contribution in [0.5, 0.6) is 5.75 Å². The molecule has 9 nitrogen and oxygen atoms in total. The first-order chi connectivity index (χ1) is 21.7. The lowest BCUT2D eigenvalue weighted by Gasteiger charge is -2.43. The first-order valence-corrected chi connectivity index (χ1v) is 16.7. The number of nitrogens with one attached hydrogen (secondary N) is 1. The highest BCUT2D eigenvalue weighted by Gasteiger charge is 2.70. The van der Waals surface area contributed by atoms with Gasteiger partial charge in [0.15, 0.2) is 0 Å². The smallest absolute Gasteiger partial charge is 0.305 e. The van der Waals surface area contributed by atoms with Gasteiger partial charge in [0.25, 0.3) is 5.69 Å². The lowest BCUT2D eigenvalue weighted by atomic mass is 9.68. The molecule has 2 aliphatic carbocycles. The molecule has 3 fully saturated rings.